The maximum absolute atomic E-state index is 11.7. The van der Waals surface area contributed by atoms with Crippen LogP contribution in [0, 0.1) is 6.92 Å². The maximum atomic E-state index is 11.7. The first-order chi connectivity index (χ1) is 14.5. The van der Waals surface area contributed by atoms with Gasteiger partial charge in [0.25, 0.3) is 0 Å². The molecule has 1 aromatic heterocycles. The van der Waals surface area contributed by atoms with Gasteiger partial charge in [-0.1, -0.05) is 0 Å². The fraction of sp³-hybridized carbons (Fsp3) is 0.429. The molecule has 0 saturated heterocycles. The van der Waals surface area contributed by atoms with Gasteiger partial charge in [0, 0.05) is 6.54 Å². The van der Waals surface area contributed by atoms with Crippen LogP contribution in [-0.4, -0.2) is 46.9 Å². The summed E-state index contributed by atoms with van der Waals surface area (Å²) in [4.78, 5) is 16.3. The number of hydrogen-bond acceptors (Lipinski definition) is 7. The molecular weight excluding hydrogens is 517 g/mol. The lowest BCUT2D eigenvalue weighted by molar-refractivity contribution is 0.0599. The Kier molecular flexibility index (Phi) is 11.0. The minimum atomic E-state index is -0.425. The molecule has 10 heteroatoms. The number of carbonyl (C=O) groups excluding carboxylic acids is 1. The number of furan rings is 1. The predicted molar refractivity (Wildman–Crippen MR) is 128 cm³/mol. The largest absolute Gasteiger partial charge is 0.493 e. The summed E-state index contributed by atoms with van der Waals surface area (Å²) < 4.78 is 26.5. The van der Waals surface area contributed by atoms with Crippen LogP contribution in [0.3, 0.4) is 0 Å². The van der Waals surface area contributed by atoms with E-state index in [1.165, 1.54) is 7.11 Å². The van der Waals surface area contributed by atoms with E-state index in [4.69, 9.17) is 23.4 Å². The van der Waals surface area contributed by atoms with Gasteiger partial charge in [0.15, 0.2) is 17.5 Å². The molecule has 0 amide bonds. The molecule has 0 spiro atoms. The Hall–Kier alpha value is -2.63. The zero-order valence-electron chi connectivity index (χ0n) is 18.7. The fourth-order valence-electron chi connectivity index (χ4n) is 2.85. The molecule has 0 radical (unpaired) electrons. The van der Waals surface area contributed by atoms with Crippen LogP contribution >= 0.6 is 24.0 Å². The van der Waals surface area contributed by atoms with Crippen LogP contribution in [0.2, 0.25) is 0 Å². The molecule has 31 heavy (non-hydrogen) atoms. The molecule has 0 bridgehead atoms. The van der Waals surface area contributed by atoms with Crippen molar-refractivity contribution >= 4 is 35.9 Å². The number of rotatable bonds is 9. The van der Waals surface area contributed by atoms with Crippen molar-refractivity contribution in [2.75, 3.05) is 35.0 Å². The van der Waals surface area contributed by atoms with Crippen molar-refractivity contribution in [2.24, 2.45) is 4.99 Å². The van der Waals surface area contributed by atoms with Gasteiger partial charge in [0.2, 0.25) is 5.75 Å². The molecule has 172 valence electrons. The van der Waals surface area contributed by atoms with E-state index < -0.39 is 5.97 Å². The quantitative estimate of drug-likeness (QED) is 0.214. The third kappa shape index (κ3) is 6.94. The van der Waals surface area contributed by atoms with Crippen molar-refractivity contribution in [1.29, 1.82) is 0 Å². The number of carbonyl (C=O) groups is 1. The van der Waals surface area contributed by atoms with E-state index in [2.05, 4.69) is 15.6 Å². The summed E-state index contributed by atoms with van der Waals surface area (Å²) in [5, 5.41) is 6.37. The van der Waals surface area contributed by atoms with Gasteiger partial charge in [-0.25, -0.2) is 9.79 Å². The minimum absolute atomic E-state index is 0. The minimum Gasteiger partial charge on any atom is -0.493 e. The van der Waals surface area contributed by atoms with E-state index in [1.807, 2.05) is 19.1 Å². The van der Waals surface area contributed by atoms with E-state index in [0.29, 0.717) is 59.9 Å². The topological polar surface area (TPSA) is 104 Å². The normalized spacial score (nSPS) is 10.7. The number of hydrogen-bond donors (Lipinski definition) is 2. The van der Waals surface area contributed by atoms with Crippen molar-refractivity contribution in [3.8, 4) is 17.2 Å². The first-order valence-electron chi connectivity index (χ1n) is 9.46. The maximum Gasteiger partial charge on any atom is 0.341 e. The van der Waals surface area contributed by atoms with E-state index in [1.54, 1.807) is 34.3 Å². The fourth-order valence-corrected chi connectivity index (χ4v) is 2.85. The van der Waals surface area contributed by atoms with Crippen molar-refractivity contribution in [2.45, 2.75) is 26.9 Å². The molecular formula is C21H30IN3O6. The monoisotopic (exact) mass is 547 g/mol. The Balaban J connectivity index is 0.00000480. The van der Waals surface area contributed by atoms with Crippen LogP contribution < -0.4 is 24.8 Å². The third-order valence-electron chi connectivity index (χ3n) is 4.29. The lowest BCUT2D eigenvalue weighted by Gasteiger charge is -2.14. The van der Waals surface area contributed by atoms with E-state index in [-0.39, 0.29) is 24.0 Å². The Bertz CT molecular complexity index is 872. The summed E-state index contributed by atoms with van der Waals surface area (Å²) in [6, 6.07) is 5.37. The number of ether oxygens (including phenoxy) is 4. The molecule has 0 unspecified atom stereocenters. The van der Waals surface area contributed by atoms with Crippen molar-refractivity contribution in [1.82, 2.24) is 10.6 Å². The lowest BCUT2D eigenvalue weighted by Crippen LogP contribution is -2.36. The highest BCUT2D eigenvalue weighted by Crippen LogP contribution is 2.38. The second-order valence-electron chi connectivity index (χ2n) is 6.26. The Morgan fingerprint density at radius 3 is 2.19 bits per heavy atom. The summed E-state index contributed by atoms with van der Waals surface area (Å²) in [6.07, 6.45) is 0. The molecule has 1 aromatic carbocycles. The number of benzene rings is 1. The molecule has 2 rings (SSSR count). The van der Waals surface area contributed by atoms with Crippen LogP contribution in [0.25, 0.3) is 0 Å². The summed E-state index contributed by atoms with van der Waals surface area (Å²) in [5.74, 6) is 2.96. The number of nitrogens with one attached hydrogen (secondary N) is 2. The van der Waals surface area contributed by atoms with E-state index in [9.17, 15) is 4.79 Å². The lowest BCUT2D eigenvalue weighted by atomic mass is 10.2. The van der Waals surface area contributed by atoms with E-state index >= 15 is 0 Å². The summed E-state index contributed by atoms with van der Waals surface area (Å²) >= 11 is 0. The van der Waals surface area contributed by atoms with Gasteiger partial charge < -0.3 is 34.0 Å². The number of aryl methyl sites for hydroxylation is 1. The number of guanidine groups is 1. The van der Waals surface area contributed by atoms with Gasteiger partial charge in [-0.3, -0.25) is 0 Å². The van der Waals surface area contributed by atoms with Gasteiger partial charge >= 0.3 is 5.97 Å². The zero-order chi connectivity index (χ0) is 22.1. The molecule has 0 fully saturated rings. The zero-order valence-corrected chi connectivity index (χ0v) is 21.0. The van der Waals surface area contributed by atoms with Crippen molar-refractivity contribution in [3.05, 3.63) is 40.8 Å². The number of esters is 1. The molecule has 9 nitrogen and oxygen atoms in total. The van der Waals surface area contributed by atoms with Crippen molar-refractivity contribution < 1.29 is 28.2 Å². The predicted octanol–water partition coefficient (Wildman–Crippen LogP) is 3.27. The van der Waals surface area contributed by atoms with Gasteiger partial charge in [-0.05, 0) is 37.6 Å². The number of aliphatic imine (C=N–C) groups is 1. The number of methoxy groups -OCH3 is 4. The third-order valence-corrected chi connectivity index (χ3v) is 4.29. The van der Waals surface area contributed by atoms with Gasteiger partial charge in [0.1, 0.15) is 17.1 Å². The Morgan fingerprint density at radius 1 is 1.03 bits per heavy atom. The van der Waals surface area contributed by atoms with Gasteiger partial charge in [-0.2, -0.15) is 0 Å². The summed E-state index contributed by atoms with van der Waals surface area (Å²) in [7, 11) is 6.05. The van der Waals surface area contributed by atoms with Crippen LogP contribution in [-0.2, 0) is 17.8 Å². The second-order valence-corrected chi connectivity index (χ2v) is 6.26. The second kappa shape index (κ2) is 12.9. The SMILES string of the molecule is CCNC(=NCc1cc(OC)c(OC)c(OC)c1)NCc1cc(C(=O)OC)c(C)o1.I. The highest BCUT2D eigenvalue weighted by Gasteiger charge is 2.16. The smallest absolute Gasteiger partial charge is 0.341 e. The summed E-state index contributed by atoms with van der Waals surface area (Å²) in [5.41, 5.74) is 1.30. The molecule has 0 aliphatic carbocycles. The molecule has 2 aromatic rings. The first kappa shape index (κ1) is 26.4. The highest BCUT2D eigenvalue weighted by molar-refractivity contribution is 14.0. The van der Waals surface area contributed by atoms with Crippen LogP contribution in [0.5, 0.6) is 17.2 Å². The van der Waals surface area contributed by atoms with Crippen LogP contribution in [0.1, 0.15) is 34.4 Å². The van der Waals surface area contributed by atoms with Crippen LogP contribution in [0.4, 0.5) is 0 Å². The molecule has 0 aliphatic rings. The first-order valence-corrected chi connectivity index (χ1v) is 9.46. The Labute approximate surface area is 199 Å². The molecule has 0 aliphatic heterocycles. The average Bonchev–Trinajstić information content (AvgIpc) is 3.14. The van der Waals surface area contributed by atoms with Gasteiger partial charge in [-0.15, -0.1) is 24.0 Å². The molecule has 2 N–H and O–H groups in total. The van der Waals surface area contributed by atoms with Crippen molar-refractivity contribution in [3.63, 3.8) is 0 Å². The molecule has 1 heterocycles. The number of nitrogens with zero attached hydrogens (tertiary/aromatic N) is 1. The van der Waals surface area contributed by atoms with Gasteiger partial charge in [0.05, 0.1) is 41.5 Å². The Morgan fingerprint density at radius 2 is 1.68 bits per heavy atom. The molecule has 0 saturated carbocycles. The average molecular weight is 547 g/mol. The van der Waals surface area contributed by atoms with E-state index in [0.717, 1.165) is 5.56 Å². The van der Waals surface area contributed by atoms with Crippen LogP contribution in [0.15, 0.2) is 27.6 Å². The highest BCUT2D eigenvalue weighted by atomic mass is 127. The standard InChI is InChI=1S/C21H29N3O6.HI/c1-7-22-21(24-12-15-10-16(13(2)30-15)20(25)29-6)23-11-14-8-17(26-3)19(28-5)18(9-14)27-4;/h8-10H,7,11-12H2,1-6H3,(H2,22,23,24);1H. The number of halogens is 1. The molecule has 0 atom stereocenters. The summed E-state index contributed by atoms with van der Waals surface area (Å²) in [6.45, 7) is 5.13.